The largest absolute Gasteiger partial charge is 0.466 e. The van der Waals surface area contributed by atoms with Gasteiger partial charge in [-0.3, -0.25) is 9.59 Å². The third kappa shape index (κ3) is 2.08. The Morgan fingerprint density at radius 3 is 2.62 bits per heavy atom. The molecule has 1 unspecified atom stereocenters. The van der Waals surface area contributed by atoms with E-state index in [1.807, 2.05) is 13.8 Å². The van der Waals surface area contributed by atoms with Crippen molar-refractivity contribution in [3.8, 4) is 0 Å². The van der Waals surface area contributed by atoms with Crippen molar-refractivity contribution < 1.29 is 14.3 Å². The lowest BCUT2D eigenvalue weighted by atomic mass is 9.82. The molecule has 0 aromatic carbocycles. The predicted molar refractivity (Wildman–Crippen MR) is 48.1 cm³/mol. The van der Waals surface area contributed by atoms with Crippen molar-refractivity contribution in [3.05, 3.63) is 0 Å². The van der Waals surface area contributed by atoms with Gasteiger partial charge in [-0.2, -0.15) is 0 Å². The Hall–Kier alpha value is -0.860. The van der Waals surface area contributed by atoms with Gasteiger partial charge in [-0.15, -0.1) is 0 Å². The summed E-state index contributed by atoms with van der Waals surface area (Å²) in [5.74, 6) is -0.290. The summed E-state index contributed by atoms with van der Waals surface area (Å²) >= 11 is 0. The molecule has 1 saturated carbocycles. The number of carbonyl (C=O) groups is 2. The molecule has 0 radical (unpaired) electrons. The first-order chi connectivity index (χ1) is 5.97. The Kier molecular flexibility index (Phi) is 2.74. The maximum Gasteiger partial charge on any atom is 0.309 e. The number of hydrogen-bond acceptors (Lipinski definition) is 3. The van der Waals surface area contributed by atoms with Crippen LogP contribution in [-0.4, -0.2) is 18.4 Å². The zero-order valence-corrected chi connectivity index (χ0v) is 8.42. The van der Waals surface area contributed by atoms with Crippen molar-refractivity contribution in [1.29, 1.82) is 0 Å². The Morgan fingerprint density at radius 2 is 2.23 bits per heavy atom. The smallest absolute Gasteiger partial charge is 0.309 e. The number of ether oxygens (including phenoxy) is 1. The van der Waals surface area contributed by atoms with E-state index in [1.54, 1.807) is 6.92 Å². The molecule has 0 bridgehead atoms. The van der Waals surface area contributed by atoms with Gasteiger partial charge in [0.15, 0.2) is 0 Å². The highest BCUT2D eigenvalue weighted by Crippen LogP contribution is 2.41. The average Bonchev–Trinajstić information content (AvgIpc) is 2.24. The van der Waals surface area contributed by atoms with Crippen LogP contribution in [0.5, 0.6) is 0 Å². The van der Waals surface area contributed by atoms with Crippen molar-refractivity contribution in [3.63, 3.8) is 0 Å². The van der Waals surface area contributed by atoms with Gasteiger partial charge in [0.1, 0.15) is 5.78 Å². The summed E-state index contributed by atoms with van der Waals surface area (Å²) in [6, 6.07) is 0. The molecule has 0 saturated heterocycles. The molecular formula is C10H16O3. The highest BCUT2D eigenvalue weighted by atomic mass is 16.5. The Labute approximate surface area is 78.5 Å². The maximum absolute atomic E-state index is 11.4. The molecule has 0 heterocycles. The maximum atomic E-state index is 11.4. The SMILES string of the molecule is CCOC(=O)C1CC(=O)CC1(C)C. The zero-order chi connectivity index (χ0) is 10.1. The van der Waals surface area contributed by atoms with Crippen LogP contribution in [0.4, 0.5) is 0 Å². The summed E-state index contributed by atoms with van der Waals surface area (Å²) < 4.78 is 4.92. The van der Waals surface area contributed by atoms with Gasteiger partial charge in [0, 0.05) is 12.8 Å². The molecule has 1 aliphatic rings. The Bertz CT molecular complexity index is 230. The standard InChI is InChI=1S/C10H16O3/c1-4-13-9(12)8-5-7(11)6-10(8,2)3/h8H,4-6H2,1-3H3. The highest BCUT2D eigenvalue weighted by molar-refractivity contribution is 5.89. The van der Waals surface area contributed by atoms with E-state index in [0.717, 1.165) is 0 Å². The summed E-state index contributed by atoms with van der Waals surface area (Å²) in [5.41, 5.74) is -0.219. The molecule has 13 heavy (non-hydrogen) atoms. The van der Waals surface area contributed by atoms with E-state index < -0.39 is 0 Å². The number of Topliss-reactive ketones (excluding diaryl/α,β-unsaturated/α-hetero) is 1. The molecule has 1 fully saturated rings. The topological polar surface area (TPSA) is 43.4 Å². The molecule has 0 amide bonds. The molecule has 1 rings (SSSR count). The van der Waals surface area contributed by atoms with Crippen molar-refractivity contribution in [2.75, 3.05) is 6.61 Å². The summed E-state index contributed by atoms with van der Waals surface area (Å²) in [6.07, 6.45) is 0.850. The third-order valence-electron chi connectivity index (χ3n) is 2.60. The minimum atomic E-state index is -0.236. The Balaban J connectivity index is 2.69. The second-order valence-electron chi connectivity index (χ2n) is 4.21. The first-order valence-corrected chi connectivity index (χ1v) is 4.65. The molecule has 0 N–H and O–H groups in total. The number of rotatable bonds is 2. The molecule has 0 aliphatic heterocycles. The van der Waals surface area contributed by atoms with Crippen LogP contribution in [0.2, 0.25) is 0 Å². The van der Waals surface area contributed by atoms with E-state index in [0.29, 0.717) is 19.4 Å². The van der Waals surface area contributed by atoms with Crippen LogP contribution < -0.4 is 0 Å². The minimum Gasteiger partial charge on any atom is -0.466 e. The van der Waals surface area contributed by atoms with E-state index in [4.69, 9.17) is 4.74 Å². The van der Waals surface area contributed by atoms with E-state index in [9.17, 15) is 9.59 Å². The minimum absolute atomic E-state index is 0.169. The van der Waals surface area contributed by atoms with Crippen molar-refractivity contribution in [2.45, 2.75) is 33.6 Å². The van der Waals surface area contributed by atoms with Crippen LogP contribution in [0.3, 0.4) is 0 Å². The van der Waals surface area contributed by atoms with Gasteiger partial charge in [-0.05, 0) is 12.3 Å². The number of hydrogen-bond donors (Lipinski definition) is 0. The van der Waals surface area contributed by atoms with Crippen LogP contribution in [0.25, 0.3) is 0 Å². The Morgan fingerprint density at radius 1 is 1.62 bits per heavy atom. The van der Waals surface area contributed by atoms with Crippen LogP contribution in [0.1, 0.15) is 33.6 Å². The lowest BCUT2D eigenvalue weighted by molar-refractivity contribution is -0.151. The van der Waals surface area contributed by atoms with Crippen molar-refractivity contribution >= 4 is 11.8 Å². The quantitative estimate of drug-likeness (QED) is 0.611. The van der Waals surface area contributed by atoms with E-state index in [2.05, 4.69) is 0 Å². The van der Waals surface area contributed by atoms with E-state index >= 15 is 0 Å². The van der Waals surface area contributed by atoms with Crippen LogP contribution >= 0.6 is 0 Å². The summed E-state index contributed by atoms with van der Waals surface area (Å²) in [7, 11) is 0. The van der Waals surface area contributed by atoms with Crippen molar-refractivity contribution in [2.24, 2.45) is 11.3 Å². The number of ketones is 1. The summed E-state index contributed by atoms with van der Waals surface area (Å²) in [6.45, 7) is 6.06. The monoisotopic (exact) mass is 184 g/mol. The number of esters is 1. The molecule has 3 nitrogen and oxygen atoms in total. The van der Waals surface area contributed by atoms with E-state index in [1.165, 1.54) is 0 Å². The van der Waals surface area contributed by atoms with Gasteiger partial charge in [-0.1, -0.05) is 13.8 Å². The van der Waals surface area contributed by atoms with E-state index in [-0.39, 0.29) is 23.1 Å². The number of carbonyl (C=O) groups excluding carboxylic acids is 2. The second kappa shape index (κ2) is 3.48. The first kappa shape index (κ1) is 10.2. The lowest BCUT2D eigenvalue weighted by Gasteiger charge is -2.23. The fraction of sp³-hybridized carbons (Fsp3) is 0.800. The molecule has 0 aromatic heterocycles. The molecule has 1 aliphatic carbocycles. The average molecular weight is 184 g/mol. The molecule has 0 aromatic rings. The van der Waals surface area contributed by atoms with Crippen LogP contribution in [0, 0.1) is 11.3 Å². The molecule has 3 heteroatoms. The predicted octanol–water partition coefficient (Wildman–Crippen LogP) is 1.55. The normalized spacial score (nSPS) is 26.1. The van der Waals surface area contributed by atoms with Gasteiger partial charge in [-0.25, -0.2) is 0 Å². The van der Waals surface area contributed by atoms with Crippen molar-refractivity contribution in [1.82, 2.24) is 0 Å². The van der Waals surface area contributed by atoms with Gasteiger partial charge >= 0.3 is 5.97 Å². The fourth-order valence-electron chi connectivity index (χ4n) is 1.85. The lowest BCUT2D eigenvalue weighted by Crippen LogP contribution is -2.27. The second-order valence-corrected chi connectivity index (χ2v) is 4.21. The molecule has 0 spiro atoms. The first-order valence-electron chi connectivity index (χ1n) is 4.65. The zero-order valence-electron chi connectivity index (χ0n) is 8.42. The van der Waals surface area contributed by atoms with Gasteiger partial charge in [0.25, 0.3) is 0 Å². The molecular weight excluding hydrogens is 168 g/mol. The van der Waals surface area contributed by atoms with Crippen LogP contribution in [-0.2, 0) is 14.3 Å². The van der Waals surface area contributed by atoms with Gasteiger partial charge in [0.05, 0.1) is 12.5 Å². The van der Waals surface area contributed by atoms with Gasteiger partial charge in [0.2, 0.25) is 0 Å². The van der Waals surface area contributed by atoms with Gasteiger partial charge < -0.3 is 4.74 Å². The summed E-state index contributed by atoms with van der Waals surface area (Å²) in [4.78, 5) is 22.6. The van der Waals surface area contributed by atoms with Crippen LogP contribution in [0.15, 0.2) is 0 Å². The molecule has 1 atom stereocenters. The molecule has 74 valence electrons. The summed E-state index contributed by atoms with van der Waals surface area (Å²) in [5, 5.41) is 0. The highest BCUT2D eigenvalue weighted by Gasteiger charge is 2.44. The fourth-order valence-corrected chi connectivity index (χ4v) is 1.85. The third-order valence-corrected chi connectivity index (χ3v) is 2.60.